The molecule has 6 heteroatoms. The minimum absolute atomic E-state index is 0.0770. The summed E-state index contributed by atoms with van der Waals surface area (Å²) in [7, 11) is 0. The Bertz CT molecular complexity index is 1380. The van der Waals surface area contributed by atoms with Gasteiger partial charge >= 0.3 is 17.9 Å². The van der Waals surface area contributed by atoms with E-state index in [1.54, 1.807) is 0 Å². The largest absolute Gasteiger partial charge is 0.462 e. The van der Waals surface area contributed by atoms with Crippen LogP contribution in [0.25, 0.3) is 0 Å². The number of hydrogen-bond acceptors (Lipinski definition) is 6. The van der Waals surface area contributed by atoms with Crippen LogP contribution in [0.4, 0.5) is 0 Å². The first-order valence-corrected chi connectivity index (χ1v) is 33.8. The third-order valence-corrected chi connectivity index (χ3v) is 15.0. The minimum atomic E-state index is -0.781. The van der Waals surface area contributed by atoms with Crippen LogP contribution in [0.1, 0.15) is 355 Å². The number of unbranched alkanes of at least 4 members (excludes halogenated alkanes) is 41. The second-order valence-corrected chi connectivity index (χ2v) is 22.7. The summed E-state index contributed by atoms with van der Waals surface area (Å²) in [5.41, 5.74) is 0. The van der Waals surface area contributed by atoms with Gasteiger partial charge < -0.3 is 14.2 Å². The van der Waals surface area contributed by atoms with Gasteiger partial charge in [0.25, 0.3) is 0 Å². The Hall–Kier alpha value is -2.89. The van der Waals surface area contributed by atoms with E-state index in [1.807, 2.05) is 0 Å². The van der Waals surface area contributed by atoms with Gasteiger partial charge in [-0.1, -0.05) is 319 Å². The van der Waals surface area contributed by atoms with Crippen molar-refractivity contribution in [2.75, 3.05) is 13.2 Å². The van der Waals surface area contributed by atoms with E-state index in [0.29, 0.717) is 19.3 Å². The molecule has 6 nitrogen and oxygen atoms in total. The molecule has 0 aliphatic carbocycles. The van der Waals surface area contributed by atoms with Crippen LogP contribution in [0.3, 0.4) is 0 Å². The molecule has 0 aliphatic heterocycles. The van der Waals surface area contributed by atoms with Gasteiger partial charge in [-0.05, 0) is 77.0 Å². The maximum atomic E-state index is 12.9. The second kappa shape index (κ2) is 65.6. The molecule has 0 spiro atoms. The Morgan fingerprint density at radius 3 is 0.857 bits per heavy atom. The molecule has 0 saturated carbocycles. The summed E-state index contributed by atoms with van der Waals surface area (Å²) in [6.07, 6.45) is 84.0. The van der Waals surface area contributed by atoms with E-state index < -0.39 is 6.10 Å². The van der Waals surface area contributed by atoms with Gasteiger partial charge in [0.2, 0.25) is 0 Å². The lowest BCUT2D eigenvalue weighted by molar-refractivity contribution is -0.167. The molecule has 0 aromatic rings. The molecule has 1 atom stereocenters. The van der Waals surface area contributed by atoms with Crippen molar-refractivity contribution in [1.29, 1.82) is 0 Å². The molecule has 0 aromatic heterocycles. The minimum Gasteiger partial charge on any atom is -0.462 e. The number of carbonyl (C=O) groups excluding carboxylic acids is 3. The zero-order valence-corrected chi connectivity index (χ0v) is 51.5. The molecule has 0 amide bonds. The number of rotatable bonds is 62. The first-order valence-electron chi connectivity index (χ1n) is 33.8. The molecule has 0 aromatic carbocycles. The SMILES string of the molecule is CC/C=C\C/C=C\C/C=C\C/C=C\CCCCCCCCCCC(=O)OC(COC(=O)CCCCCCC/C=C\CCC)COC(=O)CCCCCCCCCCCCCCCCCCCCCCCCCCCCCC. The van der Waals surface area contributed by atoms with Gasteiger partial charge in [0.05, 0.1) is 0 Å². The van der Waals surface area contributed by atoms with Crippen molar-refractivity contribution in [3.63, 3.8) is 0 Å². The molecule has 0 aliphatic rings. The molecular weight excluding hydrogens is 949 g/mol. The second-order valence-electron chi connectivity index (χ2n) is 22.7. The predicted molar refractivity (Wildman–Crippen MR) is 335 cm³/mol. The van der Waals surface area contributed by atoms with E-state index in [9.17, 15) is 14.4 Å². The fraction of sp³-hybridized carbons (Fsp3) is 0.817. The third-order valence-electron chi connectivity index (χ3n) is 15.0. The highest BCUT2D eigenvalue weighted by molar-refractivity contribution is 5.71. The van der Waals surface area contributed by atoms with Crippen LogP contribution in [-0.2, 0) is 28.6 Å². The van der Waals surface area contributed by atoms with Crippen LogP contribution in [0.5, 0.6) is 0 Å². The Morgan fingerprint density at radius 2 is 0.532 bits per heavy atom. The average molecular weight is 1080 g/mol. The lowest BCUT2D eigenvalue weighted by Gasteiger charge is -2.18. The Labute approximate surface area is 479 Å². The summed E-state index contributed by atoms with van der Waals surface area (Å²) in [6.45, 7) is 6.50. The van der Waals surface area contributed by atoms with E-state index in [0.717, 1.165) is 103 Å². The van der Waals surface area contributed by atoms with Crippen LogP contribution in [0.2, 0.25) is 0 Å². The first kappa shape index (κ1) is 74.1. The Kier molecular flexibility index (Phi) is 63.2. The Morgan fingerprint density at radius 1 is 0.273 bits per heavy atom. The van der Waals surface area contributed by atoms with Crippen molar-refractivity contribution in [2.24, 2.45) is 0 Å². The van der Waals surface area contributed by atoms with Crippen molar-refractivity contribution in [3.8, 4) is 0 Å². The van der Waals surface area contributed by atoms with Gasteiger partial charge in [-0.3, -0.25) is 14.4 Å². The van der Waals surface area contributed by atoms with Crippen molar-refractivity contribution in [1.82, 2.24) is 0 Å². The third kappa shape index (κ3) is 63.8. The normalized spacial score (nSPS) is 12.4. The van der Waals surface area contributed by atoms with Gasteiger partial charge in [-0.25, -0.2) is 0 Å². The lowest BCUT2D eigenvalue weighted by Crippen LogP contribution is -2.30. The molecule has 0 rings (SSSR count). The topological polar surface area (TPSA) is 78.9 Å². The van der Waals surface area contributed by atoms with Crippen molar-refractivity contribution < 1.29 is 28.6 Å². The number of carbonyl (C=O) groups is 3. The van der Waals surface area contributed by atoms with Gasteiger partial charge in [0, 0.05) is 19.3 Å². The Balaban J connectivity index is 4.15. The lowest BCUT2D eigenvalue weighted by atomic mass is 10.0. The summed E-state index contributed by atoms with van der Waals surface area (Å²) in [4.78, 5) is 38.3. The highest BCUT2D eigenvalue weighted by atomic mass is 16.6. The van der Waals surface area contributed by atoms with Crippen molar-refractivity contribution >= 4 is 17.9 Å². The summed E-state index contributed by atoms with van der Waals surface area (Å²) in [6, 6.07) is 0. The zero-order valence-electron chi connectivity index (χ0n) is 51.5. The van der Waals surface area contributed by atoms with Gasteiger partial charge in [-0.2, -0.15) is 0 Å². The summed E-state index contributed by atoms with van der Waals surface area (Å²) < 4.78 is 16.9. The molecule has 0 bridgehead atoms. The van der Waals surface area contributed by atoms with E-state index >= 15 is 0 Å². The summed E-state index contributed by atoms with van der Waals surface area (Å²) >= 11 is 0. The fourth-order valence-electron chi connectivity index (χ4n) is 9.97. The quantitative estimate of drug-likeness (QED) is 0.0261. The molecule has 77 heavy (non-hydrogen) atoms. The van der Waals surface area contributed by atoms with Crippen LogP contribution in [0, 0.1) is 0 Å². The predicted octanol–water partition coefficient (Wildman–Crippen LogP) is 23.1. The molecule has 448 valence electrons. The van der Waals surface area contributed by atoms with Crippen LogP contribution >= 0.6 is 0 Å². The van der Waals surface area contributed by atoms with E-state index in [4.69, 9.17) is 14.2 Å². The van der Waals surface area contributed by atoms with E-state index in [-0.39, 0.29) is 31.1 Å². The molecule has 1 unspecified atom stereocenters. The zero-order chi connectivity index (χ0) is 55.7. The van der Waals surface area contributed by atoms with Gasteiger partial charge in [-0.15, -0.1) is 0 Å². The standard InChI is InChI=1S/C71H128O6/c1-4-7-10-13-16-19-22-24-26-28-30-32-33-34-35-36-37-38-40-41-43-45-47-49-52-55-58-61-64-70(73)76-67-68(66-75-69(72)63-60-57-54-51-21-18-15-12-9-6-3)77-71(74)65-62-59-56-53-50-48-46-44-42-39-31-29-27-25-23-20-17-14-11-8-5-2/h8,11-12,15,17,20,25,27,31,39,68H,4-7,9-10,13-14,16,18-19,21-24,26,28-30,32-38,40-67H2,1-3H3/b11-8-,15-12-,20-17-,27-25-,39-31-. The number of hydrogen-bond donors (Lipinski definition) is 0. The molecule has 0 saturated heterocycles. The van der Waals surface area contributed by atoms with Crippen molar-refractivity contribution in [2.45, 2.75) is 361 Å². The molecule has 0 N–H and O–H groups in total. The average Bonchev–Trinajstić information content (AvgIpc) is 3.43. The fourth-order valence-corrected chi connectivity index (χ4v) is 9.97. The number of allylic oxidation sites excluding steroid dienone is 10. The molecule has 0 fully saturated rings. The monoisotopic (exact) mass is 1080 g/mol. The molecule has 0 heterocycles. The number of esters is 3. The van der Waals surface area contributed by atoms with E-state index in [2.05, 4.69) is 81.5 Å². The smallest absolute Gasteiger partial charge is 0.306 e. The molecule has 0 radical (unpaired) electrons. The maximum absolute atomic E-state index is 12.9. The summed E-state index contributed by atoms with van der Waals surface area (Å²) in [5.74, 6) is -0.878. The van der Waals surface area contributed by atoms with Gasteiger partial charge in [0.15, 0.2) is 6.10 Å². The molecular formula is C71H128O6. The first-order chi connectivity index (χ1) is 38.0. The van der Waals surface area contributed by atoms with Crippen molar-refractivity contribution in [3.05, 3.63) is 60.8 Å². The van der Waals surface area contributed by atoms with Crippen LogP contribution in [0.15, 0.2) is 60.8 Å². The highest BCUT2D eigenvalue weighted by Crippen LogP contribution is 2.18. The van der Waals surface area contributed by atoms with Crippen LogP contribution < -0.4 is 0 Å². The van der Waals surface area contributed by atoms with Crippen LogP contribution in [-0.4, -0.2) is 37.2 Å². The summed E-state index contributed by atoms with van der Waals surface area (Å²) in [5, 5.41) is 0. The van der Waals surface area contributed by atoms with Gasteiger partial charge in [0.1, 0.15) is 13.2 Å². The maximum Gasteiger partial charge on any atom is 0.306 e. The van der Waals surface area contributed by atoms with E-state index in [1.165, 1.54) is 212 Å². The highest BCUT2D eigenvalue weighted by Gasteiger charge is 2.19. The number of ether oxygens (including phenoxy) is 3.